The Labute approximate surface area is 178 Å². The van der Waals surface area contributed by atoms with E-state index in [1.54, 1.807) is 0 Å². The molecule has 2 aromatic carbocycles. The Morgan fingerprint density at radius 1 is 1.00 bits per heavy atom. The Bertz CT molecular complexity index is 936. The minimum atomic E-state index is -4.50. The standard InChI is InChI=1S/C22H22F6NOP/c1-3-4-18(14-5-7-15(8-6-14)21(23,24)25)31-19-10-9-16(22(26,27)28)11-17(19)20-29-13(2)12-30-20/h5-11,13,18,31H,3-4,12H2,1-2H3/t13-,18?/m0/s1. The van der Waals surface area contributed by atoms with Gasteiger partial charge >= 0.3 is 12.4 Å². The molecule has 0 spiro atoms. The fourth-order valence-corrected chi connectivity index (χ4v) is 5.03. The van der Waals surface area contributed by atoms with Crippen molar-refractivity contribution in [1.29, 1.82) is 0 Å². The second-order valence-electron chi connectivity index (χ2n) is 7.46. The molecule has 0 aliphatic carbocycles. The summed E-state index contributed by atoms with van der Waals surface area (Å²) in [6.45, 7) is 4.07. The number of ether oxygens (including phenoxy) is 1. The monoisotopic (exact) mass is 461 g/mol. The molecule has 1 aliphatic rings. The molecule has 2 unspecified atom stereocenters. The second-order valence-corrected chi connectivity index (χ2v) is 8.98. The largest absolute Gasteiger partial charge is 0.475 e. The van der Waals surface area contributed by atoms with Crippen LogP contribution in [0, 0.1) is 0 Å². The van der Waals surface area contributed by atoms with E-state index in [1.807, 2.05) is 13.8 Å². The lowest BCUT2D eigenvalue weighted by Crippen LogP contribution is -2.17. The molecule has 0 amide bonds. The fraction of sp³-hybridized carbons (Fsp3) is 0.409. The summed E-state index contributed by atoms with van der Waals surface area (Å²) in [5, 5.41) is 0.652. The summed E-state index contributed by atoms with van der Waals surface area (Å²) in [7, 11) is 0.0512. The summed E-state index contributed by atoms with van der Waals surface area (Å²) in [5.74, 6) is 0.184. The normalized spacial score (nSPS) is 18.3. The highest BCUT2D eigenvalue weighted by Crippen LogP contribution is 2.41. The van der Waals surface area contributed by atoms with Gasteiger partial charge in [-0.15, -0.1) is 0 Å². The number of rotatable bonds is 6. The van der Waals surface area contributed by atoms with Crippen LogP contribution in [0.3, 0.4) is 0 Å². The van der Waals surface area contributed by atoms with Gasteiger partial charge in [0.1, 0.15) is 6.61 Å². The first kappa shape index (κ1) is 23.6. The van der Waals surface area contributed by atoms with Gasteiger partial charge in [0.15, 0.2) is 0 Å². The maximum atomic E-state index is 13.3. The topological polar surface area (TPSA) is 21.6 Å². The van der Waals surface area contributed by atoms with E-state index >= 15 is 0 Å². The molecule has 3 atom stereocenters. The van der Waals surface area contributed by atoms with Crippen LogP contribution in [0.5, 0.6) is 0 Å². The van der Waals surface area contributed by atoms with E-state index in [4.69, 9.17) is 4.74 Å². The van der Waals surface area contributed by atoms with Gasteiger partial charge in [-0.25, -0.2) is 4.99 Å². The van der Waals surface area contributed by atoms with Crippen molar-refractivity contribution in [3.05, 3.63) is 64.7 Å². The highest BCUT2D eigenvalue weighted by atomic mass is 31.1. The first-order chi connectivity index (χ1) is 14.5. The van der Waals surface area contributed by atoms with Crippen molar-refractivity contribution in [2.24, 2.45) is 4.99 Å². The fourth-order valence-electron chi connectivity index (χ4n) is 3.35. The van der Waals surface area contributed by atoms with E-state index in [9.17, 15) is 26.3 Å². The Morgan fingerprint density at radius 2 is 1.61 bits per heavy atom. The molecular formula is C22H22F6NOP. The third-order valence-corrected chi connectivity index (χ3v) is 6.64. The Hall–Kier alpha value is -2.08. The summed E-state index contributed by atoms with van der Waals surface area (Å²) in [6, 6.07) is 8.34. The first-order valence-electron chi connectivity index (χ1n) is 9.85. The second kappa shape index (κ2) is 9.19. The quantitative estimate of drug-likeness (QED) is 0.345. The molecule has 31 heavy (non-hydrogen) atoms. The predicted molar refractivity (Wildman–Crippen MR) is 110 cm³/mol. The molecule has 168 valence electrons. The molecule has 2 nitrogen and oxygen atoms in total. The Kier molecular flexibility index (Phi) is 6.99. The molecule has 0 N–H and O–H groups in total. The summed E-state index contributed by atoms with van der Waals surface area (Å²) in [6.07, 6.45) is -7.45. The highest BCUT2D eigenvalue weighted by molar-refractivity contribution is 7.47. The van der Waals surface area contributed by atoms with E-state index in [1.165, 1.54) is 18.2 Å². The molecule has 3 rings (SSSR count). The van der Waals surface area contributed by atoms with Crippen LogP contribution in [0.15, 0.2) is 47.5 Å². The van der Waals surface area contributed by atoms with Gasteiger partial charge in [0, 0.05) is 11.2 Å². The van der Waals surface area contributed by atoms with Crippen LogP contribution in [0.4, 0.5) is 26.3 Å². The Morgan fingerprint density at radius 3 is 2.13 bits per heavy atom. The zero-order chi connectivity index (χ0) is 22.8. The summed E-state index contributed by atoms with van der Waals surface area (Å²) >= 11 is 0. The minimum Gasteiger partial charge on any atom is -0.475 e. The van der Waals surface area contributed by atoms with Crippen LogP contribution >= 0.6 is 8.58 Å². The number of alkyl halides is 6. The van der Waals surface area contributed by atoms with E-state index in [2.05, 4.69) is 4.99 Å². The molecule has 0 radical (unpaired) electrons. The molecule has 0 fully saturated rings. The molecule has 9 heteroatoms. The van der Waals surface area contributed by atoms with Gasteiger partial charge in [-0.3, -0.25) is 0 Å². The number of aliphatic imine (C=N–C) groups is 1. The molecular weight excluding hydrogens is 439 g/mol. The average molecular weight is 461 g/mol. The van der Waals surface area contributed by atoms with E-state index < -0.39 is 23.5 Å². The maximum Gasteiger partial charge on any atom is 0.416 e. The van der Waals surface area contributed by atoms with E-state index in [0.717, 1.165) is 36.2 Å². The van der Waals surface area contributed by atoms with Crippen molar-refractivity contribution < 1.29 is 31.1 Å². The summed E-state index contributed by atoms with van der Waals surface area (Å²) < 4.78 is 84.0. The zero-order valence-corrected chi connectivity index (χ0v) is 17.9. The molecule has 0 aromatic heterocycles. The number of benzene rings is 2. The summed E-state index contributed by atoms with van der Waals surface area (Å²) in [5.41, 5.74) is -0.620. The SMILES string of the molecule is CCCC(Pc1ccc(C(F)(F)F)cc1C1=N[C@@H](C)CO1)c1ccc(C(F)(F)F)cc1. The molecule has 0 saturated carbocycles. The summed E-state index contributed by atoms with van der Waals surface area (Å²) in [4.78, 5) is 4.31. The van der Waals surface area contributed by atoms with Gasteiger partial charge in [-0.1, -0.05) is 40.1 Å². The Balaban J connectivity index is 1.97. The van der Waals surface area contributed by atoms with Gasteiger partial charge < -0.3 is 4.74 Å². The third kappa shape index (κ3) is 5.79. The highest BCUT2D eigenvalue weighted by Gasteiger charge is 2.33. The first-order valence-corrected chi connectivity index (χ1v) is 10.9. The predicted octanol–water partition coefficient (Wildman–Crippen LogP) is 6.73. The zero-order valence-electron chi connectivity index (χ0n) is 16.9. The van der Waals surface area contributed by atoms with Crippen molar-refractivity contribution >= 4 is 19.8 Å². The average Bonchev–Trinajstić information content (AvgIpc) is 3.12. The van der Waals surface area contributed by atoms with Crippen LogP contribution in [0.2, 0.25) is 0 Å². The number of hydrogen-bond donors (Lipinski definition) is 0. The van der Waals surface area contributed by atoms with Crippen LogP contribution in [-0.4, -0.2) is 18.5 Å². The maximum absolute atomic E-state index is 13.3. The van der Waals surface area contributed by atoms with Crippen LogP contribution in [0.1, 0.15) is 54.6 Å². The van der Waals surface area contributed by atoms with Crippen molar-refractivity contribution in [1.82, 2.24) is 0 Å². The number of nitrogens with zero attached hydrogens (tertiary/aromatic N) is 1. The van der Waals surface area contributed by atoms with Crippen molar-refractivity contribution in [3.8, 4) is 0 Å². The molecule has 2 aromatic rings. The van der Waals surface area contributed by atoms with Crippen molar-refractivity contribution in [3.63, 3.8) is 0 Å². The lowest BCUT2D eigenvalue weighted by Gasteiger charge is -2.20. The van der Waals surface area contributed by atoms with Crippen LogP contribution in [-0.2, 0) is 17.1 Å². The van der Waals surface area contributed by atoms with Crippen LogP contribution in [0.25, 0.3) is 0 Å². The van der Waals surface area contributed by atoms with Crippen LogP contribution < -0.4 is 5.30 Å². The molecule has 1 aliphatic heterocycles. The molecule has 1 heterocycles. The molecule has 0 saturated heterocycles. The number of hydrogen-bond acceptors (Lipinski definition) is 2. The number of halogens is 6. The van der Waals surface area contributed by atoms with Gasteiger partial charge in [0.25, 0.3) is 0 Å². The third-order valence-electron chi connectivity index (χ3n) is 4.92. The lowest BCUT2D eigenvalue weighted by molar-refractivity contribution is -0.138. The lowest BCUT2D eigenvalue weighted by atomic mass is 10.1. The smallest absolute Gasteiger partial charge is 0.416 e. The van der Waals surface area contributed by atoms with Crippen molar-refractivity contribution in [2.75, 3.05) is 6.61 Å². The molecule has 0 bridgehead atoms. The van der Waals surface area contributed by atoms with Gasteiger partial charge in [-0.2, -0.15) is 26.3 Å². The minimum absolute atomic E-state index is 0.0512. The van der Waals surface area contributed by atoms with Gasteiger partial charge in [0.2, 0.25) is 5.90 Å². The van der Waals surface area contributed by atoms with Crippen molar-refractivity contribution in [2.45, 2.75) is 50.7 Å². The van der Waals surface area contributed by atoms with Gasteiger partial charge in [0.05, 0.1) is 17.2 Å². The van der Waals surface area contributed by atoms with E-state index in [0.29, 0.717) is 23.9 Å². The van der Waals surface area contributed by atoms with Gasteiger partial charge in [-0.05, 0) is 48.5 Å². The van der Waals surface area contributed by atoms with E-state index in [-0.39, 0.29) is 26.2 Å².